The molecule has 1 saturated carbocycles. The van der Waals surface area contributed by atoms with Gasteiger partial charge in [-0.1, -0.05) is 39.5 Å². The van der Waals surface area contributed by atoms with Gasteiger partial charge in [0.2, 0.25) is 11.6 Å². The highest BCUT2D eigenvalue weighted by Gasteiger charge is 2.53. The van der Waals surface area contributed by atoms with Crippen LogP contribution in [0.1, 0.15) is 70.8 Å². The second-order valence-electron chi connectivity index (χ2n) is 8.57. The number of unbranched alkanes of at least 4 members (excludes halogenated alkanes) is 3. The molecular formula is C22H31F3N2O3. The molecule has 1 aliphatic carbocycles. The van der Waals surface area contributed by atoms with E-state index >= 15 is 0 Å². The Hall–Kier alpha value is -1.83. The maximum Gasteiger partial charge on any atom is 0.417 e. The number of esters is 1. The summed E-state index contributed by atoms with van der Waals surface area (Å²) in [4.78, 5) is 16.6. The summed E-state index contributed by atoms with van der Waals surface area (Å²) >= 11 is 0. The van der Waals surface area contributed by atoms with Crippen LogP contribution in [0.4, 0.5) is 13.2 Å². The molecule has 2 bridgehead atoms. The molecule has 1 N–H and O–H groups in total. The van der Waals surface area contributed by atoms with E-state index in [4.69, 9.17) is 9.47 Å². The predicted molar refractivity (Wildman–Crippen MR) is 106 cm³/mol. The van der Waals surface area contributed by atoms with Gasteiger partial charge in [-0.2, -0.15) is 13.2 Å². The van der Waals surface area contributed by atoms with E-state index in [1.165, 1.54) is 6.07 Å². The number of ether oxygens (including phenoxy) is 2. The SMILES string of the molecule is CCCCCCC(C)C(=O)OC12CCC(CN1)CC2Oc1ccc(C(F)(F)F)cn1. The summed E-state index contributed by atoms with van der Waals surface area (Å²) < 4.78 is 50.2. The Morgan fingerprint density at radius 3 is 2.73 bits per heavy atom. The molecule has 4 unspecified atom stereocenters. The molecule has 30 heavy (non-hydrogen) atoms. The van der Waals surface area contributed by atoms with E-state index in [1.807, 2.05) is 6.92 Å². The van der Waals surface area contributed by atoms with Crippen LogP contribution < -0.4 is 10.1 Å². The zero-order chi connectivity index (χ0) is 21.8. The first-order chi connectivity index (χ1) is 14.2. The molecule has 3 fully saturated rings. The van der Waals surface area contributed by atoms with Gasteiger partial charge in [0.05, 0.1) is 11.5 Å². The number of alkyl halides is 3. The average Bonchev–Trinajstić information content (AvgIpc) is 2.72. The molecule has 3 heterocycles. The van der Waals surface area contributed by atoms with E-state index in [0.29, 0.717) is 18.8 Å². The molecule has 8 heteroatoms. The lowest BCUT2D eigenvalue weighted by molar-refractivity contribution is -0.203. The number of pyridine rings is 1. The fourth-order valence-electron chi connectivity index (χ4n) is 4.23. The van der Waals surface area contributed by atoms with Crippen LogP contribution in [0.2, 0.25) is 0 Å². The van der Waals surface area contributed by atoms with Crippen molar-refractivity contribution in [2.75, 3.05) is 6.54 Å². The van der Waals surface area contributed by atoms with Crippen molar-refractivity contribution in [1.29, 1.82) is 0 Å². The van der Waals surface area contributed by atoms with Crippen LogP contribution >= 0.6 is 0 Å². The van der Waals surface area contributed by atoms with E-state index in [0.717, 1.165) is 57.3 Å². The normalized spacial score (nSPS) is 27.0. The third kappa shape index (κ3) is 5.45. The minimum Gasteiger partial charge on any atom is -0.469 e. The number of carbonyl (C=O) groups is 1. The summed E-state index contributed by atoms with van der Waals surface area (Å²) in [7, 11) is 0. The molecule has 5 nitrogen and oxygen atoms in total. The van der Waals surface area contributed by atoms with Crippen molar-refractivity contribution < 1.29 is 27.4 Å². The first kappa shape index (κ1) is 22.8. The third-order valence-electron chi connectivity index (χ3n) is 6.18. The number of halogens is 3. The van der Waals surface area contributed by atoms with E-state index in [9.17, 15) is 18.0 Å². The van der Waals surface area contributed by atoms with E-state index in [-0.39, 0.29) is 17.8 Å². The van der Waals surface area contributed by atoms with Gasteiger partial charge in [-0.3, -0.25) is 10.1 Å². The lowest BCUT2D eigenvalue weighted by Crippen LogP contribution is -2.67. The zero-order valence-corrected chi connectivity index (χ0v) is 17.6. The standard InChI is InChI=1S/C22H31F3N2O3/c1-3-4-5-6-7-15(2)20(28)30-21-11-10-16(13-27-21)12-18(21)29-19-9-8-17(14-26-19)22(23,24)25/h8-9,14-16,18,27H,3-7,10-13H2,1-2H3. The first-order valence-corrected chi connectivity index (χ1v) is 10.9. The summed E-state index contributed by atoms with van der Waals surface area (Å²) in [6.07, 6.45) is 3.23. The summed E-state index contributed by atoms with van der Waals surface area (Å²) in [6, 6.07) is 2.17. The van der Waals surface area contributed by atoms with Crippen molar-refractivity contribution in [3.8, 4) is 5.88 Å². The predicted octanol–water partition coefficient (Wildman–Crippen LogP) is 5.10. The molecular weight excluding hydrogens is 397 g/mol. The molecule has 0 radical (unpaired) electrons. The first-order valence-electron chi connectivity index (χ1n) is 10.9. The molecule has 0 spiro atoms. The van der Waals surface area contributed by atoms with Gasteiger partial charge in [-0.15, -0.1) is 0 Å². The van der Waals surface area contributed by atoms with Gasteiger partial charge < -0.3 is 9.47 Å². The summed E-state index contributed by atoms with van der Waals surface area (Å²) in [5, 5.41) is 3.32. The molecule has 4 rings (SSSR count). The van der Waals surface area contributed by atoms with Crippen molar-refractivity contribution in [2.24, 2.45) is 11.8 Å². The molecule has 2 saturated heterocycles. The quantitative estimate of drug-likeness (QED) is 0.438. The van der Waals surface area contributed by atoms with Crippen LogP contribution in [0.25, 0.3) is 0 Å². The number of aromatic nitrogens is 1. The Kier molecular flexibility index (Phi) is 7.26. The van der Waals surface area contributed by atoms with Crippen LogP contribution in [0.5, 0.6) is 5.88 Å². The van der Waals surface area contributed by atoms with Crippen LogP contribution in [-0.4, -0.2) is 29.3 Å². The van der Waals surface area contributed by atoms with E-state index in [2.05, 4.69) is 17.2 Å². The maximum absolute atomic E-state index is 12.8. The monoisotopic (exact) mass is 428 g/mol. The topological polar surface area (TPSA) is 60.5 Å². The minimum absolute atomic E-state index is 0.102. The highest BCUT2D eigenvalue weighted by molar-refractivity contribution is 5.72. The molecule has 1 aromatic rings. The zero-order valence-electron chi connectivity index (χ0n) is 17.6. The second kappa shape index (κ2) is 9.54. The van der Waals surface area contributed by atoms with Crippen molar-refractivity contribution in [3.63, 3.8) is 0 Å². The molecule has 3 aliphatic rings. The number of rotatable bonds is 9. The summed E-state index contributed by atoms with van der Waals surface area (Å²) in [5.41, 5.74) is -1.77. The lowest BCUT2D eigenvalue weighted by Gasteiger charge is -2.50. The smallest absolute Gasteiger partial charge is 0.417 e. The molecule has 4 atom stereocenters. The Labute approximate surface area is 175 Å². The van der Waals surface area contributed by atoms with Crippen molar-refractivity contribution in [1.82, 2.24) is 10.3 Å². The van der Waals surface area contributed by atoms with Crippen LogP contribution in [-0.2, 0) is 15.7 Å². The molecule has 0 amide bonds. The van der Waals surface area contributed by atoms with E-state index < -0.39 is 23.6 Å². The number of carbonyl (C=O) groups excluding carboxylic acids is 1. The molecule has 0 aromatic carbocycles. The largest absolute Gasteiger partial charge is 0.469 e. The molecule has 1 aromatic heterocycles. The van der Waals surface area contributed by atoms with Gasteiger partial charge in [0, 0.05) is 25.2 Å². The Bertz CT molecular complexity index is 701. The van der Waals surface area contributed by atoms with Crippen LogP contribution in [0.15, 0.2) is 18.3 Å². The Morgan fingerprint density at radius 2 is 2.13 bits per heavy atom. The van der Waals surface area contributed by atoms with Crippen LogP contribution in [0, 0.1) is 11.8 Å². The number of fused-ring (bicyclic) bond motifs is 3. The number of hydrogen-bond acceptors (Lipinski definition) is 5. The number of nitrogens with one attached hydrogen (secondary N) is 1. The van der Waals surface area contributed by atoms with Crippen molar-refractivity contribution in [3.05, 3.63) is 23.9 Å². The number of piperidine rings is 2. The van der Waals surface area contributed by atoms with Crippen molar-refractivity contribution >= 4 is 5.97 Å². The van der Waals surface area contributed by atoms with Gasteiger partial charge in [0.1, 0.15) is 0 Å². The summed E-state index contributed by atoms with van der Waals surface area (Å²) in [6.45, 7) is 4.76. The van der Waals surface area contributed by atoms with Gasteiger partial charge in [0.25, 0.3) is 0 Å². The third-order valence-corrected chi connectivity index (χ3v) is 6.18. The van der Waals surface area contributed by atoms with Crippen molar-refractivity contribution in [2.45, 2.75) is 83.2 Å². The van der Waals surface area contributed by atoms with Gasteiger partial charge in [-0.05, 0) is 31.2 Å². The maximum atomic E-state index is 12.8. The van der Waals surface area contributed by atoms with E-state index in [1.54, 1.807) is 0 Å². The number of hydrogen-bond donors (Lipinski definition) is 1. The Balaban J connectivity index is 1.64. The van der Waals surface area contributed by atoms with Gasteiger partial charge in [0.15, 0.2) is 6.10 Å². The van der Waals surface area contributed by atoms with Gasteiger partial charge >= 0.3 is 12.1 Å². The Morgan fingerprint density at radius 1 is 1.33 bits per heavy atom. The lowest BCUT2D eigenvalue weighted by atomic mass is 9.76. The second-order valence-corrected chi connectivity index (χ2v) is 8.57. The average molecular weight is 428 g/mol. The summed E-state index contributed by atoms with van der Waals surface area (Å²) in [5.74, 6) is 0.0257. The fraction of sp³-hybridized carbons (Fsp3) is 0.727. The molecule has 168 valence electrons. The minimum atomic E-state index is -4.44. The highest BCUT2D eigenvalue weighted by atomic mass is 19.4. The van der Waals surface area contributed by atoms with Crippen LogP contribution in [0.3, 0.4) is 0 Å². The number of nitrogens with zero attached hydrogens (tertiary/aromatic N) is 1. The van der Waals surface area contributed by atoms with Gasteiger partial charge in [-0.25, -0.2) is 4.98 Å². The fourth-order valence-corrected chi connectivity index (χ4v) is 4.23. The molecule has 2 aliphatic heterocycles. The highest BCUT2D eigenvalue weighted by Crippen LogP contribution is 2.40.